The highest BCUT2D eigenvalue weighted by molar-refractivity contribution is 5.35. The minimum Gasteiger partial charge on any atom is -0.391 e. The highest BCUT2D eigenvalue weighted by Gasteiger charge is 2.11. The zero-order valence-electron chi connectivity index (χ0n) is 9.43. The summed E-state index contributed by atoms with van der Waals surface area (Å²) < 4.78 is 17.8. The van der Waals surface area contributed by atoms with Gasteiger partial charge in [0.15, 0.2) is 0 Å². The van der Waals surface area contributed by atoms with Crippen LogP contribution in [0.5, 0.6) is 0 Å². The standard InChI is InChI=1S/C11H14FNO4/c1-17-7-11(14)3-2-8-4-9(12)6-10(5-8)13(15)16/h4-6,11,14H,2-3,7H2,1H3. The summed E-state index contributed by atoms with van der Waals surface area (Å²) in [5.74, 6) is -0.643. The fraction of sp³-hybridized carbons (Fsp3) is 0.455. The Balaban J connectivity index is 2.68. The second-order valence-electron chi connectivity index (χ2n) is 3.72. The van der Waals surface area contributed by atoms with E-state index in [1.165, 1.54) is 19.2 Å². The number of ether oxygens (including phenoxy) is 1. The van der Waals surface area contributed by atoms with Crippen LogP contribution in [-0.4, -0.2) is 29.9 Å². The van der Waals surface area contributed by atoms with Crippen LogP contribution in [0, 0.1) is 15.9 Å². The van der Waals surface area contributed by atoms with Gasteiger partial charge in [-0.1, -0.05) is 0 Å². The van der Waals surface area contributed by atoms with Crippen LogP contribution in [0.4, 0.5) is 10.1 Å². The first-order valence-corrected chi connectivity index (χ1v) is 5.13. The zero-order valence-corrected chi connectivity index (χ0v) is 9.43. The number of nitro groups is 1. The first-order chi connectivity index (χ1) is 8.02. The average Bonchev–Trinajstić information content (AvgIpc) is 2.26. The van der Waals surface area contributed by atoms with Gasteiger partial charge in [0.05, 0.1) is 23.7 Å². The first-order valence-electron chi connectivity index (χ1n) is 5.13. The Kier molecular flexibility index (Phi) is 4.99. The third kappa shape index (κ3) is 4.46. The summed E-state index contributed by atoms with van der Waals surface area (Å²) in [5, 5.41) is 19.9. The van der Waals surface area contributed by atoms with Gasteiger partial charge in [0.25, 0.3) is 5.69 Å². The molecule has 1 rings (SSSR count). The molecular weight excluding hydrogens is 229 g/mol. The number of hydrogen-bond acceptors (Lipinski definition) is 4. The summed E-state index contributed by atoms with van der Waals surface area (Å²) >= 11 is 0. The van der Waals surface area contributed by atoms with Crippen molar-refractivity contribution < 1.29 is 19.2 Å². The maximum atomic E-state index is 13.1. The summed E-state index contributed by atoms with van der Waals surface area (Å²) in [4.78, 5) is 9.87. The fourth-order valence-electron chi connectivity index (χ4n) is 1.49. The summed E-state index contributed by atoms with van der Waals surface area (Å²) in [7, 11) is 1.47. The fourth-order valence-corrected chi connectivity index (χ4v) is 1.49. The maximum Gasteiger partial charge on any atom is 0.272 e. The molecule has 0 saturated carbocycles. The van der Waals surface area contributed by atoms with Crippen molar-refractivity contribution in [3.8, 4) is 0 Å². The number of aliphatic hydroxyl groups is 1. The molecule has 1 unspecified atom stereocenters. The van der Waals surface area contributed by atoms with Gasteiger partial charge < -0.3 is 9.84 Å². The number of aliphatic hydroxyl groups excluding tert-OH is 1. The summed E-state index contributed by atoms with van der Waals surface area (Å²) in [6.07, 6.45) is 0.0831. The van der Waals surface area contributed by atoms with Gasteiger partial charge in [-0.25, -0.2) is 4.39 Å². The van der Waals surface area contributed by atoms with Crippen LogP contribution in [0.1, 0.15) is 12.0 Å². The molecule has 0 heterocycles. The number of aryl methyl sites for hydroxylation is 1. The van der Waals surface area contributed by atoms with Crippen LogP contribution in [0.2, 0.25) is 0 Å². The van der Waals surface area contributed by atoms with E-state index in [0.717, 1.165) is 6.07 Å². The molecular formula is C11H14FNO4. The van der Waals surface area contributed by atoms with E-state index >= 15 is 0 Å². The second-order valence-corrected chi connectivity index (χ2v) is 3.72. The third-order valence-corrected chi connectivity index (χ3v) is 2.28. The van der Waals surface area contributed by atoms with Crippen LogP contribution in [0.15, 0.2) is 18.2 Å². The number of hydrogen-bond donors (Lipinski definition) is 1. The summed E-state index contributed by atoms with van der Waals surface area (Å²) in [6, 6.07) is 3.41. The molecule has 0 fully saturated rings. The molecule has 0 aliphatic rings. The molecule has 6 heteroatoms. The van der Waals surface area contributed by atoms with Crippen LogP contribution in [0.25, 0.3) is 0 Å². The molecule has 1 atom stereocenters. The molecule has 5 nitrogen and oxygen atoms in total. The lowest BCUT2D eigenvalue weighted by Crippen LogP contribution is -2.14. The van der Waals surface area contributed by atoms with Gasteiger partial charge in [-0.15, -0.1) is 0 Å². The van der Waals surface area contributed by atoms with Crippen molar-refractivity contribution in [2.24, 2.45) is 0 Å². The van der Waals surface area contributed by atoms with Crippen LogP contribution < -0.4 is 0 Å². The van der Waals surface area contributed by atoms with E-state index in [-0.39, 0.29) is 12.3 Å². The lowest BCUT2D eigenvalue weighted by Gasteiger charge is -2.08. The predicted molar refractivity (Wildman–Crippen MR) is 59.3 cm³/mol. The third-order valence-electron chi connectivity index (χ3n) is 2.28. The average molecular weight is 243 g/mol. The number of nitro benzene ring substituents is 1. The van der Waals surface area contributed by atoms with E-state index in [9.17, 15) is 19.6 Å². The molecule has 0 saturated heterocycles. The highest BCUT2D eigenvalue weighted by Crippen LogP contribution is 2.17. The molecule has 1 aromatic rings. The van der Waals surface area contributed by atoms with E-state index in [1.54, 1.807) is 0 Å². The number of nitrogens with zero attached hydrogens (tertiary/aromatic N) is 1. The molecule has 0 aromatic heterocycles. The number of rotatable bonds is 6. The number of non-ortho nitro benzene ring substituents is 1. The molecule has 94 valence electrons. The molecule has 0 amide bonds. The number of benzene rings is 1. The van der Waals surface area contributed by atoms with Gasteiger partial charge >= 0.3 is 0 Å². The predicted octanol–water partition coefficient (Wildman–Crippen LogP) is 1.67. The van der Waals surface area contributed by atoms with Gasteiger partial charge in [-0.2, -0.15) is 0 Å². The monoisotopic (exact) mass is 243 g/mol. The minimum atomic E-state index is -0.651. The van der Waals surface area contributed by atoms with E-state index < -0.39 is 16.8 Å². The van der Waals surface area contributed by atoms with Gasteiger partial charge in [-0.3, -0.25) is 10.1 Å². The zero-order chi connectivity index (χ0) is 12.8. The molecule has 0 aliphatic carbocycles. The maximum absolute atomic E-state index is 13.1. The van der Waals surface area contributed by atoms with Crippen molar-refractivity contribution in [3.63, 3.8) is 0 Å². The smallest absolute Gasteiger partial charge is 0.272 e. The van der Waals surface area contributed by atoms with Crippen molar-refractivity contribution in [1.29, 1.82) is 0 Å². The van der Waals surface area contributed by atoms with Gasteiger partial charge in [-0.05, 0) is 24.5 Å². The van der Waals surface area contributed by atoms with E-state index in [0.29, 0.717) is 18.4 Å². The SMILES string of the molecule is COCC(O)CCc1cc(F)cc([N+](=O)[O-])c1. The highest BCUT2D eigenvalue weighted by atomic mass is 19.1. The summed E-state index contributed by atoms with van der Waals surface area (Å²) in [5.41, 5.74) is 0.216. The molecule has 0 bridgehead atoms. The Labute approximate surface area is 98.0 Å². The van der Waals surface area contributed by atoms with Crippen molar-refractivity contribution in [1.82, 2.24) is 0 Å². The van der Waals surface area contributed by atoms with Gasteiger partial charge in [0.1, 0.15) is 5.82 Å². The van der Waals surface area contributed by atoms with Crippen LogP contribution in [0.3, 0.4) is 0 Å². The quantitative estimate of drug-likeness (QED) is 0.609. The van der Waals surface area contributed by atoms with Crippen LogP contribution >= 0.6 is 0 Å². The Morgan fingerprint density at radius 3 is 2.82 bits per heavy atom. The number of methoxy groups -OCH3 is 1. The molecule has 1 aromatic carbocycles. The van der Waals surface area contributed by atoms with Crippen molar-refractivity contribution in [3.05, 3.63) is 39.7 Å². The molecule has 0 spiro atoms. The Bertz CT molecular complexity index is 397. The second kappa shape index (κ2) is 6.27. The molecule has 1 N–H and O–H groups in total. The van der Waals surface area contributed by atoms with Crippen LogP contribution in [-0.2, 0) is 11.2 Å². The van der Waals surface area contributed by atoms with Crippen molar-refractivity contribution in [2.75, 3.05) is 13.7 Å². The van der Waals surface area contributed by atoms with Crippen molar-refractivity contribution in [2.45, 2.75) is 18.9 Å². The normalized spacial score (nSPS) is 12.4. The van der Waals surface area contributed by atoms with Gasteiger partial charge in [0.2, 0.25) is 0 Å². The molecule has 0 aliphatic heterocycles. The first kappa shape index (κ1) is 13.5. The Morgan fingerprint density at radius 1 is 1.53 bits per heavy atom. The molecule has 17 heavy (non-hydrogen) atoms. The Hall–Kier alpha value is -1.53. The lowest BCUT2D eigenvalue weighted by molar-refractivity contribution is -0.385. The van der Waals surface area contributed by atoms with E-state index in [4.69, 9.17) is 4.74 Å². The Morgan fingerprint density at radius 2 is 2.24 bits per heavy atom. The topological polar surface area (TPSA) is 72.6 Å². The van der Waals surface area contributed by atoms with E-state index in [2.05, 4.69) is 0 Å². The summed E-state index contributed by atoms with van der Waals surface area (Å²) in [6.45, 7) is 0.192. The number of halogens is 1. The van der Waals surface area contributed by atoms with E-state index in [1.807, 2.05) is 0 Å². The molecule has 0 radical (unpaired) electrons. The minimum absolute atomic E-state index is 0.192. The van der Waals surface area contributed by atoms with Gasteiger partial charge in [0, 0.05) is 13.2 Å². The van der Waals surface area contributed by atoms with Crippen molar-refractivity contribution >= 4 is 5.69 Å². The largest absolute Gasteiger partial charge is 0.391 e. The lowest BCUT2D eigenvalue weighted by atomic mass is 10.1.